The molecule has 0 aromatic heterocycles. The van der Waals surface area contributed by atoms with Gasteiger partial charge in [-0.15, -0.1) is 12.6 Å². The highest BCUT2D eigenvalue weighted by atomic mass is 32.1. The Morgan fingerprint density at radius 2 is 1.88 bits per heavy atom. The van der Waals surface area contributed by atoms with E-state index in [2.05, 4.69) is 73.3 Å². The quantitative estimate of drug-likeness (QED) is 0.409. The predicted molar refractivity (Wildman–Crippen MR) is 116 cm³/mol. The standard InChI is InChI=1S/C24H32S/c1-9-10-20-13-22(25)24(23-17(6)11-16(5)18(23)7)19(8)21(20)12-15(4)14(2)3/h11-13,16,25H,2,9-10H2,1,3-8H3/b15-12+. The number of benzene rings is 1. The number of rotatable bonds is 5. The molecule has 134 valence electrons. The maximum atomic E-state index is 4.89. The zero-order valence-electron chi connectivity index (χ0n) is 16.9. The van der Waals surface area contributed by atoms with Gasteiger partial charge in [0.2, 0.25) is 0 Å². The van der Waals surface area contributed by atoms with Crippen LogP contribution in [-0.4, -0.2) is 0 Å². The molecular formula is C24H32S. The van der Waals surface area contributed by atoms with Crippen LogP contribution in [0.15, 0.2) is 45.9 Å². The van der Waals surface area contributed by atoms with Crippen LogP contribution in [0.5, 0.6) is 0 Å². The number of thiol groups is 1. The van der Waals surface area contributed by atoms with E-state index in [0.29, 0.717) is 5.92 Å². The van der Waals surface area contributed by atoms with E-state index < -0.39 is 0 Å². The van der Waals surface area contributed by atoms with Gasteiger partial charge in [-0.25, -0.2) is 0 Å². The summed E-state index contributed by atoms with van der Waals surface area (Å²) in [5.74, 6) is 0.508. The molecule has 0 nitrogen and oxygen atoms in total. The van der Waals surface area contributed by atoms with Crippen LogP contribution in [0, 0.1) is 12.8 Å². The number of hydrogen-bond acceptors (Lipinski definition) is 1. The Kier molecular flexibility index (Phi) is 6.21. The third-order valence-corrected chi connectivity index (χ3v) is 5.82. The zero-order valence-corrected chi connectivity index (χ0v) is 17.8. The minimum absolute atomic E-state index is 0.508. The summed E-state index contributed by atoms with van der Waals surface area (Å²) >= 11 is 4.89. The molecule has 0 spiro atoms. The molecule has 1 atom stereocenters. The van der Waals surface area contributed by atoms with Gasteiger partial charge in [0.05, 0.1) is 0 Å². The predicted octanol–water partition coefficient (Wildman–Crippen LogP) is 7.59. The summed E-state index contributed by atoms with van der Waals surface area (Å²) < 4.78 is 0. The van der Waals surface area contributed by atoms with Gasteiger partial charge in [-0.2, -0.15) is 0 Å². The lowest BCUT2D eigenvalue weighted by Gasteiger charge is -2.20. The van der Waals surface area contributed by atoms with Gasteiger partial charge < -0.3 is 0 Å². The highest BCUT2D eigenvalue weighted by Crippen LogP contribution is 2.43. The van der Waals surface area contributed by atoms with E-state index in [1.54, 1.807) is 0 Å². The molecule has 25 heavy (non-hydrogen) atoms. The van der Waals surface area contributed by atoms with Crippen molar-refractivity contribution in [3.63, 3.8) is 0 Å². The summed E-state index contributed by atoms with van der Waals surface area (Å²) in [5, 5.41) is 0. The van der Waals surface area contributed by atoms with Crippen molar-refractivity contribution in [2.75, 3.05) is 0 Å². The molecule has 1 aliphatic rings. The molecule has 1 aromatic carbocycles. The monoisotopic (exact) mass is 352 g/mol. The molecule has 1 aromatic rings. The Balaban J connectivity index is 2.78. The van der Waals surface area contributed by atoms with Gasteiger partial charge in [0.15, 0.2) is 0 Å². The van der Waals surface area contributed by atoms with E-state index >= 15 is 0 Å². The van der Waals surface area contributed by atoms with Gasteiger partial charge in [-0.05, 0) is 92.0 Å². The molecular weight excluding hydrogens is 320 g/mol. The Bertz CT molecular complexity index is 800. The third kappa shape index (κ3) is 3.87. The fourth-order valence-electron chi connectivity index (χ4n) is 3.73. The second kappa shape index (κ2) is 7.83. The molecule has 0 saturated carbocycles. The lowest BCUT2D eigenvalue weighted by Crippen LogP contribution is -2.02. The van der Waals surface area contributed by atoms with Crippen LogP contribution in [-0.2, 0) is 6.42 Å². The zero-order chi connectivity index (χ0) is 18.9. The molecule has 1 unspecified atom stereocenters. The second-order valence-electron chi connectivity index (χ2n) is 7.52. The van der Waals surface area contributed by atoms with E-state index in [-0.39, 0.29) is 0 Å². The maximum Gasteiger partial charge on any atom is 0.0124 e. The first-order valence-corrected chi connectivity index (χ1v) is 9.73. The summed E-state index contributed by atoms with van der Waals surface area (Å²) in [5.41, 5.74) is 12.0. The fourth-order valence-corrected chi connectivity index (χ4v) is 4.17. The molecule has 0 saturated heterocycles. The first kappa shape index (κ1) is 19.8. The minimum atomic E-state index is 0.508. The van der Waals surface area contributed by atoms with Crippen LogP contribution in [0.2, 0.25) is 0 Å². The van der Waals surface area contributed by atoms with Gasteiger partial charge in [-0.1, -0.05) is 50.1 Å². The topological polar surface area (TPSA) is 0 Å². The summed E-state index contributed by atoms with van der Waals surface area (Å²) in [6, 6.07) is 2.28. The van der Waals surface area contributed by atoms with Crippen LogP contribution < -0.4 is 0 Å². The molecule has 1 aliphatic carbocycles. The van der Waals surface area contributed by atoms with E-state index in [4.69, 9.17) is 12.6 Å². The van der Waals surface area contributed by atoms with E-state index in [1.807, 2.05) is 0 Å². The molecule has 2 rings (SSSR count). The van der Waals surface area contributed by atoms with Crippen molar-refractivity contribution in [1.82, 2.24) is 0 Å². The van der Waals surface area contributed by atoms with Gasteiger partial charge in [0, 0.05) is 4.90 Å². The van der Waals surface area contributed by atoms with E-state index in [0.717, 1.165) is 23.3 Å². The largest absolute Gasteiger partial charge is 0.143 e. The molecule has 0 fully saturated rings. The van der Waals surface area contributed by atoms with Crippen molar-refractivity contribution < 1.29 is 0 Å². The summed E-state index contributed by atoms with van der Waals surface area (Å²) in [6.45, 7) is 19.6. The van der Waals surface area contributed by atoms with Crippen LogP contribution >= 0.6 is 12.6 Å². The Morgan fingerprint density at radius 3 is 2.36 bits per heavy atom. The molecule has 0 aliphatic heterocycles. The molecule has 0 amide bonds. The van der Waals surface area contributed by atoms with Crippen LogP contribution in [0.25, 0.3) is 11.6 Å². The fraction of sp³-hybridized carbons (Fsp3) is 0.417. The maximum absolute atomic E-state index is 4.89. The van der Waals surface area contributed by atoms with E-state index in [9.17, 15) is 0 Å². The van der Waals surface area contributed by atoms with Gasteiger partial charge in [0.25, 0.3) is 0 Å². The molecule has 0 bridgehead atoms. The van der Waals surface area contributed by atoms with Crippen molar-refractivity contribution in [3.8, 4) is 0 Å². The average molecular weight is 353 g/mol. The molecule has 0 N–H and O–H groups in total. The lowest BCUT2D eigenvalue weighted by molar-refractivity contribution is 0.881. The number of allylic oxidation sites excluding steroid dienone is 6. The van der Waals surface area contributed by atoms with Crippen LogP contribution in [0.1, 0.15) is 70.2 Å². The van der Waals surface area contributed by atoms with Gasteiger partial charge in [0.1, 0.15) is 0 Å². The van der Waals surface area contributed by atoms with Crippen LogP contribution in [0.3, 0.4) is 0 Å². The van der Waals surface area contributed by atoms with E-state index in [1.165, 1.54) is 44.5 Å². The highest BCUT2D eigenvalue weighted by molar-refractivity contribution is 7.80. The molecule has 1 heteroatoms. The van der Waals surface area contributed by atoms with Crippen molar-refractivity contribution in [2.45, 2.75) is 66.2 Å². The number of hydrogen-bond donors (Lipinski definition) is 1. The van der Waals surface area contributed by atoms with Gasteiger partial charge >= 0.3 is 0 Å². The first-order chi connectivity index (χ1) is 11.7. The highest BCUT2D eigenvalue weighted by Gasteiger charge is 2.23. The third-order valence-electron chi connectivity index (χ3n) is 5.47. The van der Waals surface area contributed by atoms with Crippen molar-refractivity contribution >= 4 is 24.3 Å². The van der Waals surface area contributed by atoms with Crippen LogP contribution in [0.4, 0.5) is 0 Å². The van der Waals surface area contributed by atoms with Gasteiger partial charge in [-0.3, -0.25) is 0 Å². The summed E-state index contributed by atoms with van der Waals surface area (Å²) in [7, 11) is 0. The Hall–Kier alpha value is -1.47. The average Bonchev–Trinajstić information content (AvgIpc) is 2.77. The SMILES string of the molecule is C=C(C)/C(C)=C/c1c(CCC)cc(S)c(C2=C(C)C(C)C=C2C)c1C. The Morgan fingerprint density at radius 1 is 1.24 bits per heavy atom. The number of aryl methyl sites for hydroxylation is 1. The molecule has 0 radical (unpaired) electrons. The summed E-state index contributed by atoms with van der Waals surface area (Å²) in [6.07, 6.45) is 6.89. The Labute approximate surface area is 159 Å². The molecule has 0 heterocycles. The first-order valence-electron chi connectivity index (χ1n) is 9.28. The second-order valence-corrected chi connectivity index (χ2v) is 8.00. The normalized spacial score (nSPS) is 18.0. The van der Waals surface area contributed by atoms with Crippen molar-refractivity contribution in [1.29, 1.82) is 0 Å². The minimum Gasteiger partial charge on any atom is -0.143 e. The lowest BCUT2D eigenvalue weighted by atomic mass is 9.87. The smallest absolute Gasteiger partial charge is 0.0124 e. The summed E-state index contributed by atoms with van der Waals surface area (Å²) in [4.78, 5) is 1.10. The van der Waals surface area contributed by atoms with Crippen molar-refractivity contribution in [3.05, 3.63) is 63.3 Å². The van der Waals surface area contributed by atoms with Crippen molar-refractivity contribution in [2.24, 2.45) is 5.92 Å².